The van der Waals surface area contributed by atoms with Gasteiger partial charge < -0.3 is 14.4 Å². The Morgan fingerprint density at radius 1 is 0.897 bits per heavy atom. The van der Waals surface area contributed by atoms with Gasteiger partial charge in [0.05, 0.1) is 7.11 Å². The number of ether oxygens (including phenoxy) is 2. The van der Waals surface area contributed by atoms with Crippen molar-refractivity contribution in [1.82, 2.24) is 4.90 Å². The molecule has 1 aliphatic rings. The Bertz CT molecular complexity index is 1460. The minimum Gasteiger partial charge on any atom is -0.496 e. The minimum atomic E-state index is 0.0108. The van der Waals surface area contributed by atoms with E-state index in [0.717, 1.165) is 70.8 Å². The van der Waals surface area contributed by atoms with Crippen LogP contribution in [0.4, 0.5) is 0 Å². The van der Waals surface area contributed by atoms with Gasteiger partial charge in [0, 0.05) is 35.7 Å². The number of carbonyl (C=O) groups is 1. The second-order valence-electron chi connectivity index (χ2n) is 10.3. The lowest BCUT2D eigenvalue weighted by molar-refractivity contribution is 0.0993. The predicted octanol–water partition coefficient (Wildman–Crippen LogP) is 7.89. The quantitative estimate of drug-likeness (QED) is 0.213. The smallest absolute Gasteiger partial charge is 0.167 e. The molecule has 1 saturated heterocycles. The summed E-state index contributed by atoms with van der Waals surface area (Å²) in [5.41, 5.74) is 6.57. The molecular formula is C34H34ClNO3. The lowest BCUT2D eigenvalue weighted by Crippen LogP contribution is -2.35. The normalized spacial score (nSPS) is 14.3. The van der Waals surface area contributed by atoms with Gasteiger partial charge >= 0.3 is 0 Å². The van der Waals surface area contributed by atoms with Gasteiger partial charge in [-0.15, -0.1) is 0 Å². The second kappa shape index (κ2) is 12.1. The molecule has 4 nitrogen and oxygen atoms in total. The fourth-order valence-electron chi connectivity index (χ4n) is 5.09. The van der Waals surface area contributed by atoms with E-state index in [1.807, 2.05) is 60.7 Å². The molecule has 0 unspecified atom stereocenters. The molecular weight excluding hydrogens is 506 g/mol. The van der Waals surface area contributed by atoms with Gasteiger partial charge in [-0.25, -0.2) is 0 Å². The SMILES string of the molecule is COc1ccc(C(=O)Cc2ccc(-c3ccc(OC4CCN(C)CC4)cc3)cc2Cl)cc1-c1cccc(C)c1. The van der Waals surface area contributed by atoms with Gasteiger partial charge in [0.25, 0.3) is 0 Å². The highest BCUT2D eigenvalue weighted by Gasteiger charge is 2.18. The van der Waals surface area contributed by atoms with E-state index in [4.69, 9.17) is 21.1 Å². The highest BCUT2D eigenvalue weighted by molar-refractivity contribution is 6.32. The third kappa shape index (κ3) is 6.52. The van der Waals surface area contributed by atoms with Crippen molar-refractivity contribution in [1.29, 1.82) is 0 Å². The predicted molar refractivity (Wildman–Crippen MR) is 159 cm³/mol. The van der Waals surface area contributed by atoms with Crippen LogP contribution in [-0.2, 0) is 6.42 Å². The number of halogens is 1. The van der Waals surface area contributed by atoms with Gasteiger partial charge in [0.2, 0.25) is 0 Å². The van der Waals surface area contributed by atoms with E-state index >= 15 is 0 Å². The molecule has 0 spiro atoms. The zero-order valence-corrected chi connectivity index (χ0v) is 23.5. The van der Waals surface area contributed by atoms with Crippen LogP contribution in [-0.4, -0.2) is 44.0 Å². The van der Waals surface area contributed by atoms with Crippen LogP contribution in [0.2, 0.25) is 5.02 Å². The highest BCUT2D eigenvalue weighted by Crippen LogP contribution is 2.33. The first kappa shape index (κ1) is 27.0. The van der Waals surface area contributed by atoms with E-state index in [2.05, 4.69) is 43.1 Å². The van der Waals surface area contributed by atoms with Crippen LogP contribution in [0.5, 0.6) is 11.5 Å². The van der Waals surface area contributed by atoms with E-state index in [-0.39, 0.29) is 18.3 Å². The molecule has 4 aromatic carbocycles. The van der Waals surface area contributed by atoms with Crippen molar-refractivity contribution < 1.29 is 14.3 Å². The summed E-state index contributed by atoms with van der Waals surface area (Å²) in [6.07, 6.45) is 2.61. The zero-order chi connectivity index (χ0) is 27.4. The molecule has 1 heterocycles. The first-order valence-electron chi connectivity index (χ1n) is 13.4. The number of hydrogen-bond acceptors (Lipinski definition) is 4. The summed E-state index contributed by atoms with van der Waals surface area (Å²) < 4.78 is 11.8. The van der Waals surface area contributed by atoms with E-state index in [0.29, 0.717) is 10.6 Å². The maximum atomic E-state index is 13.3. The van der Waals surface area contributed by atoms with E-state index in [9.17, 15) is 4.79 Å². The van der Waals surface area contributed by atoms with Gasteiger partial charge in [0.15, 0.2) is 5.78 Å². The molecule has 0 aromatic heterocycles. The number of benzene rings is 4. The van der Waals surface area contributed by atoms with Crippen LogP contribution in [0.1, 0.15) is 34.3 Å². The Labute approximate surface area is 236 Å². The van der Waals surface area contributed by atoms with Gasteiger partial charge in [-0.1, -0.05) is 65.7 Å². The van der Waals surface area contributed by atoms with Gasteiger partial charge in [-0.2, -0.15) is 0 Å². The van der Waals surface area contributed by atoms with Crippen molar-refractivity contribution in [3.05, 3.63) is 107 Å². The highest BCUT2D eigenvalue weighted by atomic mass is 35.5. The van der Waals surface area contributed by atoms with Crippen molar-refractivity contribution in [2.45, 2.75) is 32.3 Å². The van der Waals surface area contributed by atoms with Gasteiger partial charge in [-0.05, 0) is 85.5 Å². The Morgan fingerprint density at radius 3 is 2.33 bits per heavy atom. The number of rotatable bonds is 8. The first-order chi connectivity index (χ1) is 18.9. The average Bonchev–Trinajstić information content (AvgIpc) is 2.95. The first-order valence-corrected chi connectivity index (χ1v) is 13.8. The fraction of sp³-hybridized carbons (Fsp3) is 0.265. The van der Waals surface area contributed by atoms with Crippen molar-refractivity contribution in [3.8, 4) is 33.8 Å². The third-order valence-corrected chi connectivity index (χ3v) is 7.76. The maximum Gasteiger partial charge on any atom is 0.167 e. The van der Waals surface area contributed by atoms with Crippen molar-refractivity contribution in [3.63, 3.8) is 0 Å². The molecule has 39 heavy (non-hydrogen) atoms. The molecule has 5 heteroatoms. The van der Waals surface area contributed by atoms with E-state index in [1.165, 1.54) is 0 Å². The van der Waals surface area contributed by atoms with Crippen LogP contribution in [0, 0.1) is 6.92 Å². The molecule has 4 aromatic rings. The van der Waals surface area contributed by atoms with Crippen LogP contribution in [0.25, 0.3) is 22.3 Å². The molecule has 0 saturated carbocycles. The topological polar surface area (TPSA) is 38.8 Å². The summed E-state index contributed by atoms with van der Waals surface area (Å²) in [6, 6.07) is 27.8. The number of ketones is 1. The monoisotopic (exact) mass is 539 g/mol. The number of likely N-dealkylation sites (tertiary alicyclic amines) is 1. The molecule has 5 rings (SSSR count). The van der Waals surface area contributed by atoms with E-state index in [1.54, 1.807) is 7.11 Å². The van der Waals surface area contributed by atoms with Crippen LogP contribution in [0.15, 0.2) is 84.9 Å². The Morgan fingerprint density at radius 2 is 1.64 bits per heavy atom. The summed E-state index contributed by atoms with van der Waals surface area (Å²) in [6.45, 7) is 4.19. The Balaban J connectivity index is 1.28. The van der Waals surface area contributed by atoms with Gasteiger partial charge in [-0.3, -0.25) is 4.79 Å². The number of methoxy groups -OCH3 is 1. The van der Waals surface area contributed by atoms with Crippen molar-refractivity contribution in [2.75, 3.05) is 27.2 Å². The molecule has 1 fully saturated rings. The molecule has 0 amide bonds. The Hall–Kier alpha value is -3.60. The van der Waals surface area contributed by atoms with Crippen LogP contribution < -0.4 is 9.47 Å². The minimum absolute atomic E-state index is 0.0108. The number of Topliss-reactive ketones (excluding diaryl/α,β-unsaturated/α-hetero) is 1. The summed E-state index contributed by atoms with van der Waals surface area (Å²) in [5, 5.41) is 0.583. The molecule has 0 atom stereocenters. The molecule has 0 N–H and O–H groups in total. The summed E-state index contributed by atoms with van der Waals surface area (Å²) >= 11 is 6.67. The standard InChI is InChI=1S/C34H34ClNO3/c1-23-5-4-6-26(19-23)31-20-28(11-14-34(31)38-3)33(37)22-27-8-7-25(21-32(27)35)24-9-12-29(13-10-24)39-30-15-17-36(2)18-16-30/h4-14,19-21,30H,15-18,22H2,1-3H3. The number of piperidine rings is 1. The number of nitrogens with zero attached hydrogens (tertiary/aromatic N) is 1. The summed E-state index contributed by atoms with van der Waals surface area (Å²) in [7, 11) is 3.80. The third-order valence-electron chi connectivity index (χ3n) is 7.41. The lowest BCUT2D eigenvalue weighted by atomic mass is 9.96. The molecule has 0 bridgehead atoms. The van der Waals surface area contributed by atoms with Crippen LogP contribution >= 0.6 is 11.6 Å². The van der Waals surface area contributed by atoms with Crippen molar-refractivity contribution in [2.24, 2.45) is 0 Å². The molecule has 0 aliphatic carbocycles. The lowest BCUT2D eigenvalue weighted by Gasteiger charge is -2.29. The fourth-order valence-corrected chi connectivity index (χ4v) is 5.33. The molecule has 1 aliphatic heterocycles. The summed E-state index contributed by atoms with van der Waals surface area (Å²) in [5.74, 6) is 1.64. The van der Waals surface area contributed by atoms with Gasteiger partial charge in [0.1, 0.15) is 17.6 Å². The number of aryl methyl sites for hydroxylation is 1. The Kier molecular flexibility index (Phi) is 8.35. The van der Waals surface area contributed by atoms with E-state index < -0.39 is 0 Å². The average molecular weight is 540 g/mol. The largest absolute Gasteiger partial charge is 0.496 e. The molecule has 200 valence electrons. The number of hydrogen-bond donors (Lipinski definition) is 0. The second-order valence-corrected chi connectivity index (χ2v) is 10.7. The number of carbonyl (C=O) groups excluding carboxylic acids is 1. The van der Waals surface area contributed by atoms with Crippen molar-refractivity contribution >= 4 is 17.4 Å². The summed E-state index contributed by atoms with van der Waals surface area (Å²) in [4.78, 5) is 15.6. The van der Waals surface area contributed by atoms with Crippen LogP contribution in [0.3, 0.4) is 0 Å². The maximum absolute atomic E-state index is 13.3. The molecule has 0 radical (unpaired) electrons. The zero-order valence-electron chi connectivity index (χ0n) is 22.7.